The largest absolute Gasteiger partial charge is 0.390 e. The average molecular weight is 326 g/mol. The Labute approximate surface area is 141 Å². The Morgan fingerprint density at radius 2 is 1.77 bits per heavy atom. The molecule has 128 valence electrons. The van der Waals surface area contributed by atoms with Crippen LogP contribution in [0.2, 0.25) is 0 Å². The SMILES string of the molecule is CSC(C)(C)C[C@H](C)N[C@H](C)C12C[C@H]3C[C@@H](CC(O)(C3)C1)C2. The van der Waals surface area contributed by atoms with Gasteiger partial charge in [0.2, 0.25) is 0 Å². The molecule has 4 bridgehead atoms. The zero-order valence-corrected chi connectivity index (χ0v) is 15.9. The van der Waals surface area contributed by atoms with Crippen molar-refractivity contribution in [3.63, 3.8) is 0 Å². The minimum atomic E-state index is -0.332. The van der Waals surface area contributed by atoms with Crippen LogP contribution in [-0.4, -0.2) is 33.8 Å². The number of rotatable bonds is 6. The van der Waals surface area contributed by atoms with Crippen molar-refractivity contribution in [3.05, 3.63) is 0 Å². The second-order valence-corrected chi connectivity index (χ2v) is 11.0. The van der Waals surface area contributed by atoms with Gasteiger partial charge in [0, 0.05) is 16.8 Å². The molecule has 0 aromatic heterocycles. The van der Waals surface area contributed by atoms with Crippen LogP contribution in [0.15, 0.2) is 0 Å². The molecule has 0 saturated heterocycles. The minimum absolute atomic E-state index is 0.332. The molecule has 3 heteroatoms. The van der Waals surface area contributed by atoms with E-state index in [0.29, 0.717) is 22.2 Å². The second-order valence-electron chi connectivity index (χ2n) is 9.51. The topological polar surface area (TPSA) is 32.3 Å². The molecule has 0 spiro atoms. The van der Waals surface area contributed by atoms with Gasteiger partial charge in [0.15, 0.2) is 0 Å². The van der Waals surface area contributed by atoms with Crippen molar-refractivity contribution in [2.75, 3.05) is 6.26 Å². The van der Waals surface area contributed by atoms with Crippen LogP contribution in [0.5, 0.6) is 0 Å². The predicted molar refractivity (Wildman–Crippen MR) is 96.3 cm³/mol. The summed E-state index contributed by atoms with van der Waals surface area (Å²) < 4.78 is 0.339. The Hall–Kier alpha value is 0.270. The van der Waals surface area contributed by atoms with Crippen LogP contribution in [0.1, 0.15) is 72.6 Å². The molecule has 0 unspecified atom stereocenters. The third kappa shape index (κ3) is 3.23. The molecule has 4 atom stereocenters. The van der Waals surface area contributed by atoms with E-state index in [2.05, 4.69) is 39.3 Å². The number of hydrogen-bond acceptors (Lipinski definition) is 3. The summed E-state index contributed by atoms with van der Waals surface area (Å²) in [6, 6.07) is 1.07. The fourth-order valence-corrected chi connectivity index (χ4v) is 6.69. The maximum Gasteiger partial charge on any atom is 0.0659 e. The van der Waals surface area contributed by atoms with Gasteiger partial charge in [-0.3, -0.25) is 0 Å². The average Bonchev–Trinajstić information content (AvgIpc) is 2.34. The third-order valence-corrected chi connectivity index (χ3v) is 8.15. The first-order chi connectivity index (χ1) is 10.2. The molecule has 2 N–H and O–H groups in total. The van der Waals surface area contributed by atoms with E-state index in [-0.39, 0.29) is 5.60 Å². The van der Waals surface area contributed by atoms with Crippen molar-refractivity contribution in [1.29, 1.82) is 0 Å². The molecule has 4 rings (SSSR count). The van der Waals surface area contributed by atoms with Gasteiger partial charge in [-0.05, 0) is 82.3 Å². The predicted octanol–water partition coefficient (Wildman–Crippen LogP) is 4.22. The Balaban J connectivity index is 1.66. The van der Waals surface area contributed by atoms with E-state index < -0.39 is 0 Å². The Bertz CT molecular complexity index is 408. The molecule has 2 nitrogen and oxygen atoms in total. The lowest BCUT2D eigenvalue weighted by Gasteiger charge is -2.62. The number of nitrogens with one attached hydrogen (secondary N) is 1. The van der Waals surface area contributed by atoms with Crippen LogP contribution in [0.3, 0.4) is 0 Å². The minimum Gasteiger partial charge on any atom is -0.390 e. The van der Waals surface area contributed by atoms with E-state index in [4.69, 9.17) is 0 Å². The number of hydrogen-bond donors (Lipinski definition) is 2. The summed E-state index contributed by atoms with van der Waals surface area (Å²) in [6.45, 7) is 9.41. The van der Waals surface area contributed by atoms with Gasteiger partial charge in [-0.25, -0.2) is 0 Å². The van der Waals surface area contributed by atoms with Crippen molar-refractivity contribution >= 4 is 11.8 Å². The summed E-state index contributed by atoms with van der Waals surface area (Å²) in [6.07, 6.45) is 10.7. The zero-order valence-electron chi connectivity index (χ0n) is 15.1. The molecule has 0 aromatic carbocycles. The molecule has 0 aromatic rings. The monoisotopic (exact) mass is 325 g/mol. The first-order valence-electron chi connectivity index (χ1n) is 9.19. The summed E-state index contributed by atoms with van der Waals surface area (Å²) in [5.41, 5.74) is 0.0262. The molecular formula is C19H35NOS. The Kier molecular flexibility index (Phi) is 4.41. The lowest BCUT2D eigenvalue weighted by atomic mass is 9.46. The third-order valence-electron chi connectivity index (χ3n) is 6.88. The highest BCUT2D eigenvalue weighted by Crippen LogP contribution is 2.62. The smallest absolute Gasteiger partial charge is 0.0659 e. The summed E-state index contributed by atoms with van der Waals surface area (Å²) in [5, 5.41) is 14.9. The number of aliphatic hydroxyl groups is 1. The molecule has 0 heterocycles. The highest BCUT2D eigenvalue weighted by Gasteiger charge is 2.58. The van der Waals surface area contributed by atoms with E-state index in [9.17, 15) is 5.11 Å². The Morgan fingerprint density at radius 1 is 1.18 bits per heavy atom. The van der Waals surface area contributed by atoms with Crippen molar-refractivity contribution in [2.24, 2.45) is 17.3 Å². The van der Waals surface area contributed by atoms with Gasteiger partial charge in [0.25, 0.3) is 0 Å². The van der Waals surface area contributed by atoms with Crippen LogP contribution in [0.4, 0.5) is 0 Å². The van der Waals surface area contributed by atoms with Gasteiger partial charge in [-0.1, -0.05) is 13.8 Å². The summed E-state index contributed by atoms with van der Waals surface area (Å²) in [7, 11) is 0. The van der Waals surface area contributed by atoms with Gasteiger partial charge in [0.05, 0.1) is 5.60 Å². The van der Waals surface area contributed by atoms with Crippen LogP contribution < -0.4 is 5.32 Å². The lowest BCUT2D eigenvalue weighted by Crippen LogP contribution is -2.62. The molecule has 22 heavy (non-hydrogen) atoms. The van der Waals surface area contributed by atoms with Crippen LogP contribution >= 0.6 is 11.8 Å². The van der Waals surface area contributed by atoms with Crippen LogP contribution in [0, 0.1) is 17.3 Å². The van der Waals surface area contributed by atoms with Crippen LogP contribution in [0.25, 0.3) is 0 Å². The number of thioether (sulfide) groups is 1. The zero-order chi connectivity index (χ0) is 16.2. The highest BCUT2D eigenvalue weighted by molar-refractivity contribution is 7.99. The van der Waals surface area contributed by atoms with E-state index in [1.54, 1.807) is 0 Å². The van der Waals surface area contributed by atoms with Crippen molar-refractivity contribution in [2.45, 2.75) is 95.1 Å². The normalized spacial score (nSPS) is 43.4. The van der Waals surface area contributed by atoms with E-state index in [1.165, 1.54) is 25.7 Å². The molecule has 4 aliphatic carbocycles. The van der Waals surface area contributed by atoms with Gasteiger partial charge in [-0.15, -0.1) is 0 Å². The molecule has 0 aliphatic heterocycles. The van der Waals surface area contributed by atoms with Crippen molar-refractivity contribution in [3.8, 4) is 0 Å². The molecule has 0 amide bonds. The van der Waals surface area contributed by atoms with E-state index in [0.717, 1.165) is 31.1 Å². The van der Waals surface area contributed by atoms with Gasteiger partial charge in [-0.2, -0.15) is 11.8 Å². The maximum absolute atomic E-state index is 10.9. The quantitative estimate of drug-likeness (QED) is 0.767. The summed E-state index contributed by atoms with van der Waals surface area (Å²) in [5.74, 6) is 1.57. The molecular weight excluding hydrogens is 290 g/mol. The second kappa shape index (κ2) is 5.67. The molecule has 4 saturated carbocycles. The molecule has 4 aliphatic rings. The van der Waals surface area contributed by atoms with Crippen molar-refractivity contribution in [1.82, 2.24) is 5.32 Å². The van der Waals surface area contributed by atoms with Crippen molar-refractivity contribution < 1.29 is 5.11 Å². The first kappa shape index (κ1) is 17.1. The highest BCUT2D eigenvalue weighted by atomic mass is 32.2. The van der Waals surface area contributed by atoms with Crippen LogP contribution in [-0.2, 0) is 0 Å². The van der Waals surface area contributed by atoms with E-state index >= 15 is 0 Å². The molecule has 0 radical (unpaired) electrons. The van der Waals surface area contributed by atoms with Gasteiger partial charge < -0.3 is 10.4 Å². The van der Waals surface area contributed by atoms with E-state index in [1.807, 2.05) is 11.8 Å². The Morgan fingerprint density at radius 3 is 2.27 bits per heavy atom. The standard InChI is InChI=1S/C19H35NOS/c1-13(7-17(3,4)22-5)20-14(2)18-8-15-6-16(9-18)11-19(21,10-15)12-18/h13-16,20-21H,6-12H2,1-5H3/t13-,14+,15+,16+,18?,19?/m0/s1. The molecule has 4 fully saturated rings. The lowest BCUT2D eigenvalue weighted by molar-refractivity contribution is -0.172. The summed E-state index contributed by atoms with van der Waals surface area (Å²) >= 11 is 1.96. The maximum atomic E-state index is 10.9. The summed E-state index contributed by atoms with van der Waals surface area (Å²) in [4.78, 5) is 0. The fraction of sp³-hybridized carbons (Fsp3) is 1.00. The van der Waals surface area contributed by atoms with Gasteiger partial charge >= 0.3 is 0 Å². The first-order valence-corrected chi connectivity index (χ1v) is 10.4. The fourth-order valence-electron chi connectivity index (χ4n) is 6.27. The van der Waals surface area contributed by atoms with Gasteiger partial charge in [0.1, 0.15) is 0 Å².